The van der Waals surface area contributed by atoms with E-state index in [2.05, 4.69) is 9.97 Å². The average Bonchev–Trinajstić information content (AvgIpc) is 2.04. The maximum atomic E-state index is 8.91. The van der Waals surface area contributed by atoms with E-state index in [-0.39, 0.29) is 24.9 Å². The second kappa shape index (κ2) is 3.57. The molecule has 0 spiro atoms. The Hall–Kier alpha value is -1.04. The summed E-state index contributed by atoms with van der Waals surface area (Å²) in [5, 5.41) is 9.84. The van der Waals surface area contributed by atoms with E-state index in [0.29, 0.717) is 0 Å². The molecule has 0 fully saturated rings. The first-order chi connectivity index (χ1) is 5.36. The number of nitrogens with zero attached hydrogens (tertiary/aromatic N) is 2. The fraction of sp³-hybridized carbons (Fsp3) is 0. The molecule has 1 heterocycles. The van der Waals surface area contributed by atoms with E-state index in [1.54, 1.807) is 6.20 Å². The molecule has 56 valence electrons. The summed E-state index contributed by atoms with van der Waals surface area (Å²) in [6.07, 6.45) is 1.59. The van der Waals surface area contributed by atoms with Gasteiger partial charge in [0.2, 0.25) is 0 Å². The first kappa shape index (κ1) is 9.05. The van der Waals surface area contributed by atoms with E-state index < -0.39 is 0 Å². The average molecular weight is 154 g/mol. The van der Waals surface area contributed by atoms with Gasteiger partial charge < -0.3 is 5.11 Å². The Morgan fingerprint density at radius 3 is 2.75 bits per heavy atom. The van der Waals surface area contributed by atoms with Gasteiger partial charge in [-0.2, -0.15) is 4.98 Å². The topological polar surface area (TPSA) is 46.0 Å². The summed E-state index contributed by atoms with van der Waals surface area (Å²) in [5.74, 6) is 0. The predicted octanol–water partition coefficient (Wildman–Crippen LogP) is 0.687. The molecule has 0 saturated heterocycles. The number of fused-ring (bicyclic) bond motifs is 1. The summed E-state index contributed by atoms with van der Waals surface area (Å²) < 4.78 is 0. The van der Waals surface area contributed by atoms with Crippen molar-refractivity contribution in [2.45, 2.75) is 0 Å². The Morgan fingerprint density at radius 2 is 1.92 bits per heavy atom. The summed E-state index contributed by atoms with van der Waals surface area (Å²) in [6.45, 7) is 0. The first-order valence-corrected chi connectivity index (χ1v) is 3.27. The van der Waals surface area contributed by atoms with Gasteiger partial charge in [0.05, 0.1) is 5.52 Å². The van der Waals surface area contributed by atoms with Crippen molar-refractivity contribution in [3.63, 3.8) is 0 Å². The molecule has 1 N–H and O–H groups in total. The van der Waals surface area contributed by atoms with Crippen LogP contribution in [0.4, 0.5) is 0 Å². The van der Waals surface area contributed by atoms with Gasteiger partial charge in [0.25, 0.3) is 0 Å². The third-order valence-electron chi connectivity index (χ3n) is 1.48. The monoisotopic (exact) mass is 154 g/mol. The molecule has 0 aliphatic carbocycles. The van der Waals surface area contributed by atoms with Gasteiger partial charge in [0, 0.05) is 11.6 Å². The van der Waals surface area contributed by atoms with Gasteiger partial charge in [-0.15, -0.1) is 0 Å². The van der Waals surface area contributed by atoms with Crippen LogP contribution in [0.2, 0.25) is 0 Å². The van der Waals surface area contributed by atoms with Gasteiger partial charge >= 0.3 is 24.9 Å². The van der Waals surface area contributed by atoms with Crippen LogP contribution in [0.1, 0.15) is 0 Å². The molecule has 0 radical (unpaired) electrons. The maximum absolute atomic E-state index is 8.91. The quantitative estimate of drug-likeness (QED) is 0.568. The zero-order chi connectivity index (χ0) is 7.68. The first-order valence-electron chi connectivity index (χ1n) is 3.27. The molecule has 1 aromatic heterocycles. The van der Waals surface area contributed by atoms with Crippen molar-refractivity contribution in [1.82, 2.24) is 9.97 Å². The number of rotatable bonds is 0. The zero-order valence-corrected chi connectivity index (χ0v) is 5.73. The van der Waals surface area contributed by atoms with Crippen molar-refractivity contribution in [2.24, 2.45) is 0 Å². The SMILES string of the molecule is Oc1ncc2ccccc2n1.[LiH]. The Morgan fingerprint density at radius 1 is 1.17 bits per heavy atom. The predicted molar refractivity (Wildman–Crippen MR) is 48.4 cm³/mol. The van der Waals surface area contributed by atoms with Crippen LogP contribution >= 0.6 is 0 Å². The second-order valence-electron chi connectivity index (χ2n) is 2.23. The van der Waals surface area contributed by atoms with Crippen molar-refractivity contribution < 1.29 is 5.11 Å². The summed E-state index contributed by atoms with van der Waals surface area (Å²) in [4.78, 5) is 7.47. The van der Waals surface area contributed by atoms with Crippen molar-refractivity contribution in [3.05, 3.63) is 30.5 Å². The van der Waals surface area contributed by atoms with Gasteiger partial charge in [-0.05, 0) is 6.07 Å². The van der Waals surface area contributed by atoms with Crippen LogP contribution in [0.25, 0.3) is 10.9 Å². The van der Waals surface area contributed by atoms with E-state index >= 15 is 0 Å². The molecule has 0 aliphatic heterocycles. The number of hydrogen-bond acceptors (Lipinski definition) is 3. The summed E-state index contributed by atoms with van der Waals surface area (Å²) in [5.41, 5.74) is 0.764. The molecule has 4 heteroatoms. The number of benzene rings is 1. The fourth-order valence-electron chi connectivity index (χ4n) is 0.962. The summed E-state index contributed by atoms with van der Waals surface area (Å²) >= 11 is 0. The van der Waals surface area contributed by atoms with Crippen LogP contribution in [0, 0.1) is 0 Å². The Kier molecular flexibility index (Phi) is 2.69. The Bertz CT molecular complexity index is 391. The number of aromatic hydroxyl groups is 1. The van der Waals surface area contributed by atoms with Crippen LogP contribution in [-0.4, -0.2) is 33.9 Å². The molecule has 0 saturated carbocycles. The van der Waals surface area contributed by atoms with Crippen LogP contribution in [0.5, 0.6) is 6.01 Å². The third-order valence-corrected chi connectivity index (χ3v) is 1.48. The Labute approximate surface area is 81.6 Å². The van der Waals surface area contributed by atoms with E-state index in [4.69, 9.17) is 5.11 Å². The third kappa shape index (κ3) is 1.58. The van der Waals surface area contributed by atoms with Crippen LogP contribution in [0.15, 0.2) is 30.5 Å². The van der Waals surface area contributed by atoms with Crippen molar-refractivity contribution in [3.8, 4) is 6.01 Å². The molecule has 0 aliphatic rings. The van der Waals surface area contributed by atoms with Crippen molar-refractivity contribution in [2.75, 3.05) is 0 Å². The number of hydrogen-bond donors (Lipinski definition) is 1. The van der Waals surface area contributed by atoms with Crippen LogP contribution in [0.3, 0.4) is 0 Å². The number of para-hydroxylation sites is 1. The summed E-state index contributed by atoms with van der Waals surface area (Å²) in [6, 6.07) is 7.33. The Balaban J connectivity index is 0.000000720. The molecule has 3 nitrogen and oxygen atoms in total. The molecule has 0 bridgehead atoms. The minimum atomic E-state index is -0.177. The van der Waals surface area contributed by atoms with Crippen molar-refractivity contribution >= 4 is 29.8 Å². The molecular formula is C8H7LiN2O. The molecule has 0 amide bonds. The van der Waals surface area contributed by atoms with Crippen molar-refractivity contribution in [1.29, 1.82) is 0 Å². The fourth-order valence-corrected chi connectivity index (χ4v) is 0.962. The van der Waals surface area contributed by atoms with E-state index in [1.165, 1.54) is 0 Å². The zero-order valence-electron chi connectivity index (χ0n) is 5.73. The summed E-state index contributed by atoms with van der Waals surface area (Å²) in [7, 11) is 0. The molecule has 2 aromatic rings. The second-order valence-corrected chi connectivity index (χ2v) is 2.23. The van der Waals surface area contributed by atoms with Crippen LogP contribution < -0.4 is 0 Å². The molecular weight excluding hydrogens is 147 g/mol. The van der Waals surface area contributed by atoms with E-state index in [1.807, 2.05) is 24.3 Å². The van der Waals surface area contributed by atoms with Gasteiger partial charge in [0.15, 0.2) is 0 Å². The molecule has 0 unspecified atom stereocenters. The van der Waals surface area contributed by atoms with E-state index in [0.717, 1.165) is 10.9 Å². The molecule has 0 atom stereocenters. The van der Waals surface area contributed by atoms with Gasteiger partial charge in [0.1, 0.15) is 0 Å². The molecule has 1 aromatic carbocycles. The normalized spacial score (nSPS) is 9.33. The van der Waals surface area contributed by atoms with E-state index in [9.17, 15) is 0 Å². The van der Waals surface area contributed by atoms with Gasteiger partial charge in [-0.3, -0.25) is 0 Å². The van der Waals surface area contributed by atoms with Gasteiger partial charge in [-0.1, -0.05) is 18.2 Å². The van der Waals surface area contributed by atoms with Gasteiger partial charge in [-0.25, -0.2) is 4.98 Å². The standard InChI is InChI=1S/C8H6N2O.Li.H/c11-8-9-5-6-3-1-2-4-7(6)10-8;;/h1-5H,(H,9,10,11);;. The minimum absolute atomic E-state index is 0. The molecule has 2 rings (SSSR count). The van der Waals surface area contributed by atoms with Crippen LogP contribution in [-0.2, 0) is 0 Å². The number of aromatic nitrogens is 2. The molecule has 12 heavy (non-hydrogen) atoms.